The number of nitrogens with one attached hydrogen (secondary N) is 1. The van der Waals surface area contributed by atoms with Crippen LogP contribution in [0.15, 0.2) is 67.0 Å². The summed E-state index contributed by atoms with van der Waals surface area (Å²) in [6.07, 6.45) is 3.83. The molecule has 3 aromatic rings. The van der Waals surface area contributed by atoms with E-state index in [1.807, 2.05) is 36.7 Å². The highest BCUT2D eigenvalue weighted by molar-refractivity contribution is 5.84. The quantitative estimate of drug-likeness (QED) is 0.744. The summed E-state index contributed by atoms with van der Waals surface area (Å²) in [4.78, 5) is 4.29. The van der Waals surface area contributed by atoms with Crippen LogP contribution in [0.3, 0.4) is 0 Å². The maximum absolute atomic E-state index is 4.29. The van der Waals surface area contributed by atoms with Crippen molar-refractivity contribution < 1.29 is 0 Å². The second kappa shape index (κ2) is 4.88. The summed E-state index contributed by atoms with van der Waals surface area (Å²) < 4.78 is 0. The number of anilines is 1. The third-order valence-corrected chi connectivity index (χ3v) is 3.01. The molecule has 0 amide bonds. The highest BCUT2D eigenvalue weighted by Crippen LogP contribution is 2.18. The van der Waals surface area contributed by atoms with Gasteiger partial charge in [-0.1, -0.05) is 42.5 Å². The highest BCUT2D eigenvalue weighted by atomic mass is 14.9. The molecule has 0 fully saturated rings. The van der Waals surface area contributed by atoms with Crippen LogP contribution in [0.25, 0.3) is 10.8 Å². The molecule has 0 spiro atoms. The second-order valence-electron chi connectivity index (χ2n) is 4.24. The van der Waals surface area contributed by atoms with E-state index in [0.717, 1.165) is 12.2 Å². The molecular formula is C16H14N2. The maximum atomic E-state index is 4.29. The molecule has 0 saturated carbocycles. The second-order valence-corrected chi connectivity index (χ2v) is 4.24. The van der Waals surface area contributed by atoms with Gasteiger partial charge >= 0.3 is 0 Å². The molecule has 3 rings (SSSR count). The molecule has 0 aliphatic carbocycles. The van der Waals surface area contributed by atoms with E-state index in [1.54, 1.807) is 0 Å². The van der Waals surface area contributed by atoms with E-state index in [9.17, 15) is 0 Å². The number of rotatable bonds is 3. The Hall–Kier alpha value is -2.35. The van der Waals surface area contributed by atoms with E-state index in [1.165, 1.54) is 16.3 Å². The lowest BCUT2D eigenvalue weighted by Gasteiger charge is -2.08. The summed E-state index contributed by atoms with van der Waals surface area (Å²) in [5, 5.41) is 5.86. The maximum Gasteiger partial charge on any atom is 0.0422 e. The standard InChI is InChI=1S/C16H14N2/c1-2-7-15(8-3-1)18-12-14-11-17-10-13-6-4-5-9-16(13)14/h1-11,18H,12H2. The number of para-hydroxylation sites is 1. The van der Waals surface area contributed by atoms with Gasteiger partial charge in [0.05, 0.1) is 0 Å². The summed E-state index contributed by atoms with van der Waals surface area (Å²) in [7, 11) is 0. The molecule has 0 atom stereocenters. The van der Waals surface area contributed by atoms with Gasteiger partial charge in [0.25, 0.3) is 0 Å². The van der Waals surface area contributed by atoms with E-state index in [0.29, 0.717) is 0 Å². The van der Waals surface area contributed by atoms with Crippen LogP contribution < -0.4 is 5.32 Å². The summed E-state index contributed by atoms with van der Waals surface area (Å²) in [5.74, 6) is 0. The van der Waals surface area contributed by atoms with Crippen LogP contribution in [0.5, 0.6) is 0 Å². The Balaban J connectivity index is 1.87. The first-order chi connectivity index (χ1) is 8.93. The van der Waals surface area contributed by atoms with Crippen LogP contribution in [-0.2, 0) is 6.54 Å². The van der Waals surface area contributed by atoms with Crippen molar-refractivity contribution in [1.82, 2.24) is 4.98 Å². The molecule has 88 valence electrons. The zero-order valence-electron chi connectivity index (χ0n) is 10.0. The van der Waals surface area contributed by atoms with E-state index in [2.05, 4.69) is 40.6 Å². The Kier molecular flexibility index (Phi) is 2.92. The lowest BCUT2D eigenvalue weighted by atomic mass is 10.1. The van der Waals surface area contributed by atoms with Gasteiger partial charge in [-0.15, -0.1) is 0 Å². The topological polar surface area (TPSA) is 24.9 Å². The average molecular weight is 234 g/mol. The predicted molar refractivity (Wildman–Crippen MR) is 75.5 cm³/mol. The average Bonchev–Trinajstić information content (AvgIpc) is 2.46. The van der Waals surface area contributed by atoms with E-state index < -0.39 is 0 Å². The van der Waals surface area contributed by atoms with Crippen molar-refractivity contribution in [3.8, 4) is 0 Å². The van der Waals surface area contributed by atoms with E-state index in [4.69, 9.17) is 0 Å². The van der Waals surface area contributed by atoms with Crippen LogP contribution in [0.4, 0.5) is 5.69 Å². The van der Waals surface area contributed by atoms with E-state index >= 15 is 0 Å². The van der Waals surface area contributed by atoms with Crippen molar-refractivity contribution in [2.45, 2.75) is 6.54 Å². The minimum absolute atomic E-state index is 0.790. The molecule has 0 aliphatic heterocycles. The van der Waals surface area contributed by atoms with Crippen molar-refractivity contribution in [1.29, 1.82) is 0 Å². The first kappa shape index (κ1) is 10.8. The zero-order chi connectivity index (χ0) is 12.2. The van der Waals surface area contributed by atoms with Gasteiger partial charge in [-0.25, -0.2) is 0 Å². The van der Waals surface area contributed by atoms with Gasteiger partial charge in [-0.3, -0.25) is 4.98 Å². The van der Waals surface area contributed by atoms with Gasteiger partial charge < -0.3 is 5.32 Å². The molecule has 18 heavy (non-hydrogen) atoms. The number of hydrogen-bond donors (Lipinski definition) is 1. The molecule has 1 heterocycles. The number of nitrogens with zero attached hydrogens (tertiary/aromatic N) is 1. The Morgan fingerprint density at radius 1 is 0.833 bits per heavy atom. The number of hydrogen-bond acceptors (Lipinski definition) is 2. The fraction of sp³-hybridized carbons (Fsp3) is 0.0625. The molecule has 0 aliphatic rings. The Morgan fingerprint density at radius 2 is 1.61 bits per heavy atom. The predicted octanol–water partition coefficient (Wildman–Crippen LogP) is 3.85. The molecule has 2 nitrogen and oxygen atoms in total. The summed E-state index contributed by atoms with van der Waals surface area (Å²) in [5.41, 5.74) is 2.35. The lowest BCUT2D eigenvalue weighted by molar-refractivity contribution is 1.14. The molecule has 0 bridgehead atoms. The zero-order valence-corrected chi connectivity index (χ0v) is 10.0. The van der Waals surface area contributed by atoms with Crippen molar-refractivity contribution in [2.24, 2.45) is 0 Å². The molecule has 0 unspecified atom stereocenters. The van der Waals surface area contributed by atoms with Crippen molar-refractivity contribution in [2.75, 3.05) is 5.32 Å². The summed E-state index contributed by atoms with van der Waals surface area (Å²) >= 11 is 0. The minimum Gasteiger partial charge on any atom is -0.381 e. The first-order valence-electron chi connectivity index (χ1n) is 6.04. The molecule has 0 saturated heterocycles. The number of pyridine rings is 1. The first-order valence-corrected chi connectivity index (χ1v) is 6.04. The molecule has 0 radical (unpaired) electrons. The molecule has 1 aromatic heterocycles. The molecule has 2 heteroatoms. The number of benzene rings is 2. The third-order valence-electron chi connectivity index (χ3n) is 3.01. The van der Waals surface area contributed by atoms with Gasteiger partial charge in [-0.05, 0) is 23.1 Å². The normalized spacial score (nSPS) is 10.4. The van der Waals surface area contributed by atoms with Crippen LogP contribution in [0, 0.1) is 0 Å². The lowest BCUT2D eigenvalue weighted by Crippen LogP contribution is -2.00. The van der Waals surface area contributed by atoms with Gasteiger partial charge in [0, 0.05) is 30.0 Å². The Morgan fingerprint density at radius 3 is 2.50 bits per heavy atom. The van der Waals surface area contributed by atoms with E-state index in [-0.39, 0.29) is 0 Å². The van der Waals surface area contributed by atoms with Gasteiger partial charge in [-0.2, -0.15) is 0 Å². The number of fused-ring (bicyclic) bond motifs is 1. The van der Waals surface area contributed by atoms with Crippen LogP contribution in [0.1, 0.15) is 5.56 Å². The van der Waals surface area contributed by atoms with Crippen LogP contribution >= 0.6 is 0 Å². The van der Waals surface area contributed by atoms with Gasteiger partial charge in [0.1, 0.15) is 0 Å². The number of aromatic nitrogens is 1. The minimum atomic E-state index is 0.790. The fourth-order valence-electron chi connectivity index (χ4n) is 2.07. The summed E-state index contributed by atoms with van der Waals surface area (Å²) in [6.45, 7) is 0.790. The van der Waals surface area contributed by atoms with Crippen molar-refractivity contribution in [3.05, 3.63) is 72.6 Å². The van der Waals surface area contributed by atoms with Gasteiger partial charge in [0.2, 0.25) is 0 Å². The van der Waals surface area contributed by atoms with Crippen molar-refractivity contribution >= 4 is 16.5 Å². The molecule has 2 aromatic carbocycles. The largest absolute Gasteiger partial charge is 0.381 e. The van der Waals surface area contributed by atoms with Crippen LogP contribution in [0.2, 0.25) is 0 Å². The Labute approximate surface area is 106 Å². The molecular weight excluding hydrogens is 220 g/mol. The third kappa shape index (κ3) is 2.18. The molecule has 1 N–H and O–H groups in total. The smallest absolute Gasteiger partial charge is 0.0422 e. The van der Waals surface area contributed by atoms with Crippen molar-refractivity contribution in [3.63, 3.8) is 0 Å². The SMILES string of the molecule is c1ccc(NCc2cncc3ccccc23)cc1. The Bertz CT molecular complexity index is 642. The monoisotopic (exact) mass is 234 g/mol. The fourth-order valence-corrected chi connectivity index (χ4v) is 2.07. The van der Waals surface area contributed by atoms with Gasteiger partial charge in [0.15, 0.2) is 0 Å². The van der Waals surface area contributed by atoms with Crippen LogP contribution in [-0.4, -0.2) is 4.98 Å². The highest BCUT2D eigenvalue weighted by Gasteiger charge is 2.00. The summed E-state index contributed by atoms with van der Waals surface area (Å²) in [6, 6.07) is 18.6.